The number of nitro groups is 1. The number of nitrogens with zero attached hydrogens (tertiary/aromatic N) is 1. The van der Waals surface area contributed by atoms with Crippen molar-refractivity contribution in [1.29, 1.82) is 0 Å². The maximum atomic E-state index is 11.0. The minimum atomic E-state index is -0.686. The van der Waals surface area contributed by atoms with Gasteiger partial charge in [-0.2, -0.15) is 0 Å². The Balaban J connectivity index is 2.10. The molecule has 23 heavy (non-hydrogen) atoms. The molecule has 0 aliphatic heterocycles. The van der Waals surface area contributed by atoms with Gasteiger partial charge in [0.25, 0.3) is 0 Å². The van der Waals surface area contributed by atoms with E-state index in [0.717, 1.165) is 16.3 Å². The van der Waals surface area contributed by atoms with Crippen LogP contribution in [0.4, 0.5) is 5.69 Å². The Morgan fingerprint density at radius 1 is 1.09 bits per heavy atom. The summed E-state index contributed by atoms with van der Waals surface area (Å²) in [6.45, 7) is 0. The zero-order chi connectivity index (χ0) is 16.4. The number of aromatic hydroxyl groups is 1. The first kappa shape index (κ1) is 14.7. The van der Waals surface area contributed by atoms with Crippen molar-refractivity contribution in [2.75, 3.05) is 0 Å². The van der Waals surface area contributed by atoms with E-state index in [1.54, 1.807) is 0 Å². The van der Waals surface area contributed by atoms with Crippen LogP contribution in [0.5, 0.6) is 5.75 Å². The maximum Gasteiger partial charge on any atom is 0.311 e. The molecule has 114 valence electrons. The number of carbonyl (C=O) groups excluding carboxylic acids is 1. The fourth-order valence-electron chi connectivity index (χ4n) is 2.70. The van der Waals surface area contributed by atoms with E-state index in [1.165, 1.54) is 12.1 Å². The summed E-state index contributed by atoms with van der Waals surface area (Å²) in [6.07, 6.45) is 0.859. The van der Waals surface area contributed by atoms with Crippen molar-refractivity contribution in [2.45, 2.75) is 6.42 Å². The van der Waals surface area contributed by atoms with Gasteiger partial charge in [-0.25, -0.2) is 0 Å². The fraction of sp³-hybridized carbons (Fsp3) is 0.0556. The van der Waals surface area contributed by atoms with Gasteiger partial charge >= 0.3 is 5.69 Å². The van der Waals surface area contributed by atoms with Crippen LogP contribution in [0.3, 0.4) is 0 Å². The van der Waals surface area contributed by atoms with Crippen LogP contribution < -0.4 is 0 Å². The number of carbonyl (C=O) groups is 1. The third-order valence-corrected chi connectivity index (χ3v) is 3.78. The number of fused-ring (bicyclic) bond motifs is 1. The summed E-state index contributed by atoms with van der Waals surface area (Å²) in [5, 5.41) is 22.9. The van der Waals surface area contributed by atoms with Crippen LogP contribution in [-0.2, 0) is 6.42 Å². The molecule has 1 N–H and O–H groups in total. The van der Waals surface area contributed by atoms with Crippen LogP contribution in [0.2, 0.25) is 0 Å². The summed E-state index contributed by atoms with van der Waals surface area (Å²) < 4.78 is 0. The third-order valence-electron chi connectivity index (χ3n) is 3.78. The SMILES string of the molecule is O=Cc1cc(Cc2cccc3ccccc23)cc([N+](=O)[O-])c1O. The van der Waals surface area contributed by atoms with E-state index >= 15 is 0 Å². The first-order chi connectivity index (χ1) is 11.1. The van der Waals surface area contributed by atoms with Gasteiger partial charge in [0.05, 0.1) is 10.5 Å². The van der Waals surface area contributed by atoms with E-state index in [4.69, 9.17) is 0 Å². The van der Waals surface area contributed by atoms with E-state index in [-0.39, 0.29) is 5.56 Å². The molecule has 0 aromatic heterocycles. The second kappa shape index (κ2) is 5.88. The quantitative estimate of drug-likeness (QED) is 0.451. The number of phenols is 1. The van der Waals surface area contributed by atoms with Crippen LogP contribution in [0.1, 0.15) is 21.5 Å². The molecule has 3 rings (SSSR count). The van der Waals surface area contributed by atoms with Crippen LogP contribution in [0.15, 0.2) is 54.6 Å². The first-order valence-corrected chi connectivity index (χ1v) is 7.02. The molecule has 3 aromatic carbocycles. The Morgan fingerprint density at radius 2 is 1.83 bits per heavy atom. The van der Waals surface area contributed by atoms with E-state index in [1.807, 2.05) is 42.5 Å². The van der Waals surface area contributed by atoms with Gasteiger partial charge in [0, 0.05) is 6.07 Å². The Kier molecular flexibility index (Phi) is 3.76. The van der Waals surface area contributed by atoms with Gasteiger partial charge in [0.15, 0.2) is 6.29 Å². The van der Waals surface area contributed by atoms with Crippen molar-refractivity contribution in [3.8, 4) is 5.75 Å². The average Bonchev–Trinajstić information content (AvgIpc) is 2.56. The monoisotopic (exact) mass is 307 g/mol. The molecule has 5 nitrogen and oxygen atoms in total. The summed E-state index contributed by atoms with van der Waals surface area (Å²) in [7, 11) is 0. The molecule has 0 saturated heterocycles. The second-order valence-corrected chi connectivity index (χ2v) is 5.24. The zero-order valence-electron chi connectivity index (χ0n) is 12.1. The topological polar surface area (TPSA) is 80.4 Å². The van der Waals surface area contributed by atoms with Crippen molar-refractivity contribution < 1.29 is 14.8 Å². The highest BCUT2D eigenvalue weighted by Crippen LogP contribution is 2.32. The molecule has 0 bridgehead atoms. The van der Waals surface area contributed by atoms with Gasteiger partial charge in [-0.1, -0.05) is 42.5 Å². The number of phenolic OH excluding ortho intramolecular Hbond substituents is 1. The van der Waals surface area contributed by atoms with Crippen molar-refractivity contribution in [3.05, 3.63) is 81.4 Å². The van der Waals surface area contributed by atoms with Crippen LogP contribution >= 0.6 is 0 Å². The molecule has 0 heterocycles. The van der Waals surface area contributed by atoms with Crippen LogP contribution in [0, 0.1) is 10.1 Å². The largest absolute Gasteiger partial charge is 0.502 e. The lowest BCUT2D eigenvalue weighted by atomic mass is 9.97. The minimum absolute atomic E-state index is 0.0746. The zero-order valence-corrected chi connectivity index (χ0v) is 12.1. The second-order valence-electron chi connectivity index (χ2n) is 5.24. The highest BCUT2D eigenvalue weighted by atomic mass is 16.6. The Morgan fingerprint density at radius 3 is 2.57 bits per heavy atom. The molecule has 0 saturated carbocycles. The molecule has 0 atom stereocenters. The smallest absolute Gasteiger partial charge is 0.311 e. The highest BCUT2D eigenvalue weighted by molar-refractivity contribution is 5.86. The summed E-state index contributed by atoms with van der Waals surface area (Å²) in [5.41, 5.74) is 1.08. The predicted octanol–water partition coefficient (Wildman–Crippen LogP) is 3.86. The van der Waals surface area contributed by atoms with Gasteiger partial charge < -0.3 is 5.11 Å². The minimum Gasteiger partial charge on any atom is -0.502 e. The third kappa shape index (κ3) is 2.76. The van der Waals surface area contributed by atoms with E-state index in [0.29, 0.717) is 18.3 Å². The number of hydrogen-bond acceptors (Lipinski definition) is 4. The van der Waals surface area contributed by atoms with Gasteiger partial charge in [-0.05, 0) is 34.4 Å². The lowest BCUT2D eigenvalue weighted by Gasteiger charge is -2.08. The molecule has 0 aliphatic carbocycles. The molecule has 5 heteroatoms. The number of hydrogen-bond donors (Lipinski definition) is 1. The molecule has 0 fully saturated rings. The number of nitro benzene ring substituents is 1. The average molecular weight is 307 g/mol. The molecule has 3 aromatic rings. The van der Waals surface area contributed by atoms with E-state index < -0.39 is 16.4 Å². The number of benzene rings is 3. The van der Waals surface area contributed by atoms with Crippen molar-refractivity contribution in [1.82, 2.24) is 0 Å². The Hall–Kier alpha value is -3.21. The Labute approximate surface area is 132 Å². The van der Waals surface area contributed by atoms with Gasteiger partial charge in [-0.15, -0.1) is 0 Å². The van der Waals surface area contributed by atoms with E-state index in [2.05, 4.69) is 0 Å². The van der Waals surface area contributed by atoms with E-state index in [9.17, 15) is 20.0 Å². The predicted molar refractivity (Wildman–Crippen MR) is 86.9 cm³/mol. The van der Waals surface area contributed by atoms with Crippen LogP contribution in [-0.4, -0.2) is 16.3 Å². The normalized spacial score (nSPS) is 10.6. The summed E-state index contributed by atoms with van der Waals surface area (Å²) in [4.78, 5) is 21.4. The fourth-order valence-corrected chi connectivity index (χ4v) is 2.70. The summed E-state index contributed by atoms with van der Waals surface area (Å²) in [6, 6.07) is 16.5. The molecular formula is C18H13NO4. The molecule has 0 amide bonds. The first-order valence-electron chi connectivity index (χ1n) is 7.02. The molecule has 0 unspecified atom stereocenters. The van der Waals surface area contributed by atoms with Crippen molar-refractivity contribution in [2.24, 2.45) is 0 Å². The molecule has 0 radical (unpaired) electrons. The number of rotatable bonds is 4. The van der Waals surface area contributed by atoms with Crippen LogP contribution in [0.25, 0.3) is 10.8 Å². The number of aldehydes is 1. The molecule has 0 spiro atoms. The maximum absolute atomic E-state index is 11.0. The van der Waals surface area contributed by atoms with Crippen molar-refractivity contribution >= 4 is 22.7 Å². The summed E-state index contributed by atoms with van der Waals surface area (Å²) >= 11 is 0. The van der Waals surface area contributed by atoms with Crippen molar-refractivity contribution in [3.63, 3.8) is 0 Å². The Bertz CT molecular complexity index is 913. The lowest BCUT2D eigenvalue weighted by molar-refractivity contribution is -0.385. The molecule has 0 aliphatic rings. The highest BCUT2D eigenvalue weighted by Gasteiger charge is 2.19. The lowest BCUT2D eigenvalue weighted by Crippen LogP contribution is -1.97. The van der Waals surface area contributed by atoms with Gasteiger partial charge in [-0.3, -0.25) is 14.9 Å². The van der Waals surface area contributed by atoms with Gasteiger partial charge in [0.2, 0.25) is 5.75 Å². The standard InChI is InChI=1S/C18H13NO4/c20-11-15-9-12(10-17(18(15)21)19(22)23)8-14-6-3-5-13-4-1-2-7-16(13)14/h1-7,9-11,21H,8H2. The molecular weight excluding hydrogens is 294 g/mol. The summed E-state index contributed by atoms with van der Waals surface area (Å²) in [5.74, 6) is -0.591. The van der Waals surface area contributed by atoms with Gasteiger partial charge in [0.1, 0.15) is 0 Å².